The number of nitrogens with zero attached hydrogens (tertiary/aromatic N) is 2. The number of ether oxygens (including phenoxy) is 1. The Hall–Kier alpha value is -1.75. The highest BCUT2D eigenvalue weighted by Crippen LogP contribution is 2.41. The molecule has 1 spiro atoms. The van der Waals surface area contributed by atoms with Crippen molar-refractivity contribution in [2.24, 2.45) is 0 Å². The molecule has 1 atom stereocenters. The van der Waals surface area contributed by atoms with Gasteiger partial charge < -0.3 is 19.8 Å². The molecule has 1 aromatic carbocycles. The van der Waals surface area contributed by atoms with Crippen LogP contribution in [0.1, 0.15) is 12.8 Å². The topological polar surface area (TPSA) is 64.5 Å². The summed E-state index contributed by atoms with van der Waals surface area (Å²) < 4.78 is 11.3. The summed E-state index contributed by atoms with van der Waals surface area (Å²) in [6.45, 7) is 2.61. The number of nitrogen functional groups attached to an aromatic ring is 1. The number of fused-ring (bicyclic) bond motifs is 1. The Kier molecular flexibility index (Phi) is 1.92. The van der Waals surface area contributed by atoms with Gasteiger partial charge in [-0.15, -0.1) is 0 Å². The average molecular weight is 245 g/mol. The van der Waals surface area contributed by atoms with Crippen LogP contribution in [-0.2, 0) is 4.74 Å². The minimum absolute atomic E-state index is 0.131. The van der Waals surface area contributed by atoms with E-state index in [4.69, 9.17) is 14.9 Å². The fourth-order valence-electron chi connectivity index (χ4n) is 2.89. The Morgan fingerprint density at radius 3 is 3.00 bits per heavy atom. The molecular formula is C13H15N3O2. The second-order valence-corrected chi connectivity index (χ2v) is 5.15. The highest BCUT2D eigenvalue weighted by Gasteiger charge is 2.49. The van der Waals surface area contributed by atoms with Gasteiger partial charge in [0.15, 0.2) is 5.58 Å². The molecule has 3 heterocycles. The van der Waals surface area contributed by atoms with Crippen LogP contribution in [0.3, 0.4) is 0 Å². The fraction of sp³-hybridized carbons (Fsp3) is 0.462. The van der Waals surface area contributed by atoms with Crippen LogP contribution in [0.5, 0.6) is 0 Å². The van der Waals surface area contributed by atoms with Crippen molar-refractivity contribution in [1.82, 2.24) is 4.98 Å². The van der Waals surface area contributed by atoms with E-state index in [-0.39, 0.29) is 5.54 Å². The molecule has 0 saturated carbocycles. The second-order valence-electron chi connectivity index (χ2n) is 5.15. The van der Waals surface area contributed by atoms with Gasteiger partial charge in [-0.2, -0.15) is 4.98 Å². The quantitative estimate of drug-likeness (QED) is 0.776. The standard InChI is InChI=1S/C13H15N3O2/c14-9-1-2-11-10(7-9)15-12(18-11)16-5-3-13(16)4-6-17-8-13/h1-2,7H,3-6,8,14H2. The molecule has 4 rings (SSSR count). The van der Waals surface area contributed by atoms with Crippen LogP contribution >= 0.6 is 0 Å². The molecule has 2 saturated heterocycles. The van der Waals surface area contributed by atoms with Gasteiger partial charge in [-0.3, -0.25) is 0 Å². The summed E-state index contributed by atoms with van der Waals surface area (Å²) in [4.78, 5) is 6.77. The van der Waals surface area contributed by atoms with Gasteiger partial charge >= 0.3 is 0 Å². The first kappa shape index (κ1) is 10.2. The molecule has 5 nitrogen and oxygen atoms in total. The summed E-state index contributed by atoms with van der Waals surface area (Å²) in [6.07, 6.45) is 2.22. The highest BCUT2D eigenvalue weighted by molar-refractivity contribution is 5.78. The lowest BCUT2D eigenvalue weighted by Gasteiger charge is -2.48. The molecule has 1 aromatic heterocycles. The van der Waals surface area contributed by atoms with E-state index in [1.165, 1.54) is 0 Å². The van der Waals surface area contributed by atoms with Crippen molar-refractivity contribution in [3.63, 3.8) is 0 Å². The Balaban J connectivity index is 1.74. The van der Waals surface area contributed by atoms with Gasteiger partial charge in [0, 0.05) is 18.8 Å². The molecule has 18 heavy (non-hydrogen) atoms. The third kappa shape index (κ3) is 1.28. The Morgan fingerprint density at radius 1 is 1.33 bits per heavy atom. The zero-order valence-electron chi connectivity index (χ0n) is 10.1. The van der Waals surface area contributed by atoms with Crippen LogP contribution in [-0.4, -0.2) is 30.3 Å². The molecular weight excluding hydrogens is 230 g/mol. The van der Waals surface area contributed by atoms with Gasteiger partial charge in [-0.05, 0) is 31.0 Å². The average Bonchev–Trinajstić information content (AvgIpc) is 2.93. The van der Waals surface area contributed by atoms with Crippen molar-refractivity contribution < 1.29 is 9.15 Å². The zero-order chi connectivity index (χ0) is 12.2. The molecule has 2 fully saturated rings. The van der Waals surface area contributed by atoms with Crippen LogP contribution < -0.4 is 10.6 Å². The predicted octanol–water partition coefficient (Wildman–Crippen LogP) is 1.78. The maximum absolute atomic E-state index is 5.82. The third-order valence-corrected chi connectivity index (χ3v) is 4.09. The van der Waals surface area contributed by atoms with Gasteiger partial charge in [-0.25, -0.2) is 0 Å². The smallest absolute Gasteiger partial charge is 0.298 e. The third-order valence-electron chi connectivity index (χ3n) is 4.09. The van der Waals surface area contributed by atoms with Crippen molar-refractivity contribution in [2.45, 2.75) is 18.4 Å². The van der Waals surface area contributed by atoms with Crippen LogP contribution in [0, 0.1) is 0 Å². The molecule has 2 aliphatic rings. The molecule has 0 bridgehead atoms. The number of anilines is 2. The minimum atomic E-state index is 0.131. The molecule has 2 aliphatic heterocycles. The molecule has 0 amide bonds. The van der Waals surface area contributed by atoms with Crippen LogP contribution in [0.25, 0.3) is 11.1 Å². The van der Waals surface area contributed by atoms with Gasteiger partial charge in [0.2, 0.25) is 0 Å². The van der Waals surface area contributed by atoms with Crippen LogP contribution in [0.15, 0.2) is 22.6 Å². The molecule has 2 N–H and O–H groups in total. The Morgan fingerprint density at radius 2 is 2.28 bits per heavy atom. The number of nitrogens with two attached hydrogens (primary N) is 1. The van der Waals surface area contributed by atoms with E-state index >= 15 is 0 Å². The van der Waals surface area contributed by atoms with Gasteiger partial charge in [0.05, 0.1) is 12.1 Å². The van der Waals surface area contributed by atoms with E-state index in [1.54, 1.807) is 0 Å². The summed E-state index contributed by atoms with van der Waals surface area (Å²) >= 11 is 0. The summed E-state index contributed by atoms with van der Waals surface area (Å²) in [5.41, 5.74) is 8.22. The van der Waals surface area contributed by atoms with E-state index in [0.717, 1.165) is 43.7 Å². The largest absolute Gasteiger partial charge is 0.423 e. The lowest BCUT2D eigenvalue weighted by molar-refractivity contribution is 0.153. The first-order valence-electron chi connectivity index (χ1n) is 6.28. The summed E-state index contributed by atoms with van der Waals surface area (Å²) in [5.74, 6) is 0. The van der Waals surface area contributed by atoms with Crippen molar-refractivity contribution >= 4 is 22.8 Å². The van der Waals surface area contributed by atoms with E-state index in [9.17, 15) is 0 Å². The summed E-state index contributed by atoms with van der Waals surface area (Å²) in [5, 5.41) is 0. The minimum Gasteiger partial charge on any atom is -0.423 e. The second kappa shape index (κ2) is 3.38. The predicted molar refractivity (Wildman–Crippen MR) is 68.6 cm³/mol. The zero-order valence-corrected chi connectivity index (χ0v) is 10.1. The summed E-state index contributed by atoms with van der Waals surface area (Å²) in [6, 6.07) is 6.26. The van der Waals surface area contributed by atoms with Crippen molar-refractivity contribution in [2.75, 3.05) is 30.4 Å². The van der Waals surface area contributed by atoms with Crippen LogP contribution in [0.4, 0.5) is 11.7 Å². The lowest BCUT2D eigenvalue weighted by atomic mass is 9.84. The fourth-order valence-corrected chi connectivity index (χ4v) is 2.89. The molecule has 1 unspecified atom stereocenters. The van der Waals surface area contributed by atoms with E-state index in [0.29, 0.717) is 11.7 Å². The molecule has 2 aromatic rings. The monoisotopic (exact) mass is 245 g/mol. The SMILES string of the molecule is Nc1ccc2oc(N3CCC34CCOC4)nc2c1. The number of benzene rings is 1. The van der Waals surface area contributed by atoms with Gasteiger partial charge in [0.1, 0.15) is 5.52 Å². The maximum atomic E-state index is 5.82. The normalized spacial score (nSPS) is 27.0. The van der Waals surface area contributed by atoms with E-state index in [2.05, 4.69) is 9.88 Å². The molecule has 0 aliphatic carbocycles. The molecule has 0 radical (unpaired) electrons. The van der Waals surface area contributed by atoms with Crippen molar-refractivity contribution in [3.05, 3.63) is 18.2 Å². The number of hydrogen-bond acceptors (Lipinski definition) is 5. The van der Waals surface area contributed by atoms with E-state index in [1.807, 2.05) is 18.2 Å². The maximum Gasteiger partial charge on any atom is 0.298 e. The Bertz CT molecular complexity index is 601. The lowest BCUT2D eigenvalue weighted by Crippen LogP contribution is -2.61. The number of hydrogen-bond donors (Lipinski definition) is 1. The van der Waals surface area contributed by atoms with Crippen LogP contribution in [0.2, 0.25) is 0 Å². The molecule has 94 valence electrons. The number of aromatic nitrogens is 1. The number of rotatable bonds is 1. The van der Waals surface area contributed by atoms with Gasteiger partial charge in [0.25, 0.3) is 6.01 Å². The Labute approximate surface area is 105 Å². The first-order valence-corrected chi connectivity index (χ1v) is 6.28. The summed E-state index contributed by atoms with van der Waals surface area (Å²) in [7, 11) is 0. The van der Waals surface area contributed by atoms with E-state index < -0.39 is 0 Å². The molecule has 5 heteroatoms. The first-order chi connectivity index (χ1) is 8.77. The van der Waals surface area contributed by atoms with Gasteiger partial charge in [-0.1, -0.05) is 0 Å². The number of oxazole rings is 1. The van der Waals surface area contributed by atoms with Crippen molar-refractivity contribution in [3.8, 4) is 0 Å². The van der Waals surface area contributed by atoms with Crippen molar-refractivity contribution in [1.29, 1.82) is 0 Å². The highest BCUT2D eigenvalue weighted by atomic mass is 16.5.